The summed E-state index contributed by atoms with van der Waals surface area (Å²) in [7, 11) is 0. The third kappa shape index (κ3) is 2.95. The number of carbonyl (C=O) groups excluding carboxylic acids is 1. The monoisotopic (exact) mass is 270 g/mol. The topological polar surface area (TPSA) is 80.0 Å². The van der Waals surface area contributed by atoms with E-state index in [0.29, 0.717) is 11.5 Å². The molecule has 1 amide bonds. The predicted octanol–water partition coefficient (Wildman–Crippen LogP) is 2.54. The van der Waals surface area contributed by atoms with Crippen LogP contribution < -0.4 is 16.6 Å². The van der Waals surface area contributed by atoms with Gasteiger partial charge in [0.05, 0.1) is 0 Å². The number of benzene rings is 1. The molecule has 104 valence electrons. The van der Waals surface area contributed by atoms with E-state index in [2.05, 4.69) is 15.7 Å². The Morgan fingerprint density at radius 1 is 1.15 bits per heavy atom. The molecule has 2 aromatic rings. The minimum Gasteiger partial charge on any atom is -0.320 e. The summed E-state index contributed by atoms with van der Waals surface area (Å²) in [5.41, 5.74) is 6.81. The maximum atomic E-state index is 12.2. The average molecular weight is 270 g/mol. The zero-order chi connectivity index (χ0) is 14.7. The number of amides is 1. The highest BCUT2D eigenvalue weighted by Gasteiger charge is 2.11. The maximum Gasteiger partial charge on any atom is 0.274 e. The van der Waals surface area contributed by atoms with E-state index in [4.69, 9.17) is 5.84 Å². The molecule has 0 saturated heterocycles. The summed E-state index contributed by atoms with van der Waals surface area (Å²) in [5.74, 6) is 5.49. The molecule has 0 saturated carbocycles. The number of aromatic nitrogens is 1. The summed E-state index contributed by atoms with van der Waals surface area (Å²) in [5, 5.41) is 2.90. The van der Waals surface area contributed by atoms with Gasteiger partial charge in [0.2, 0.25) is 0 Å². The Kier molecular flexibility index (Phi) is 4.00. The van der Waals surface area contributed by atoms with Gasteiger partial charge < -0.3 is 10.7 Å². The first-order valence-electron chi connectivity index (χ1n) is 6.34. The van der Waals surface area contributed by atoms with Crippen molar-refractivity contribution in [1.82, 2.24) is 4.98 Å². The van der Waals surface area contributed by atoms with Gasteiger partial charge in [0.1, 0.15) is 11.5 Å². The van der Waals surface area contributed by atoms with Gasteiger partial charge in [-0.1, -0.05) is 23.8 Å². The Hall–Kier alpha value is -2.40. The molecule has 20 heavy (non-hydrogen) atoms. The molecule has 4 N–H and O–H groups in total. The van der Waals surface area contributed by atoms with Gasteiger partial charge in [-0.25, -0.2) is 10.8 Å². The second kappa shape index (κ2) is 5.71. The smallest absolute Gasteiger partial charge is 0.274 e. The molecule has 0 aliphatic carbocycles. The number of nitrogens with one attached hydrogen (secondary N) is 2. The van der Waals surface area contributed by atoms with Crippen molar-refractivity contribution in [1.29, 1.82) is 0 Å². The lowest BCUT2D eigenvalue weighted by Crippen LogP contribution is -2.17. The van der Waals surface area contributed by atoms with Crippen LogP contribution in [-0.4, -0.2) is 10.9 Å². The number of hydrogen-bond acceptors (Lipinski definition) is 4. The van der Waals surface area contributed by atoms with Crippen LogP contribution in [0.15, 0.2) is 30.3 Å². The first kappa shape index (κ1) is 14.0. The van der Waals surface area contributed by atoms with Gasteiger partial charge in [0.25, 0.3) is 5.91 Å². The van der Waals surface area contributed by atoms with Crippen molar-refractivity contribution in [3.63, 3.8) is 0 Å². The number of nitrogen functional groups attached to an aromatic ring is 1. The summed E-state index contributed by atoms with van der Waals surface area (Å²) in [4.78, 5) is 16.3. The quantitative estimate of drug-likeness (QED) is 0.591. The fourth-order valence-electron chi connectivity index (χ4n) is 2.20. The highest BCUT2D eigenvalue weighted by molar-refractivity contribution is 6.03. The van der Waals surface area contributed by atoms with Crippen LogP contribution in [0.2, 0.25) is 0 Å². The zero-order valence-corrected chi connectivity index (χ0v) is 11.8. The van der Waals surface area contributed by atoms with Crippen LogP contribution in [0.5, 0.6) is 0 Å². The van der Waals surface area contributed by atoms with E-state index in [1.807, 2.05) is 32.9 Å². The Morgan fingerprint density at radius 3 is 2.40 bits per heavy atom. The molecule has 0 aliphatic heterocycles. The second-order valence-corrected chi connectivity index (χ2v) is 4.78. The molecular formula is C15H18N4O. The molecular weight excluding hydrogens is 252 g/mol. The summed E-state index contributed by atoms with van der Waals surface area (Å²) in [6, 6.07) is 9.14. The number of hydrogen-bond donors (Lipinski definition) is 3. The molecule has 0 aliphatic rings. The summed E-state index contributed by atoms with van der Waals surface area (Å²) < 4.78 is 0. The summed E-state index contributed by atoms with van der Waals surface area (Å²) in [6.45, 7) is 5.98. The second-order valence-electron chi connectivity index (χ2n) is 4.78. The average Bonchev–Trinajstić information content (AvgIpc) is 2.42. The molecule has 0 radical (unpaired) electrons. The molecule has 0 fully saturated rings. The minimum atomic E-state index is -0.253. The minimum absolute atomic E-state index is 0.253. The highest BCUT2D eigenvalue weighted by Crippen LogP contribution is 2.22. The zero-order valence-electron chi connectivity index (χ0n) is 11.8. The molecule has 1 aromatic heterocycles. The lowest BCUT2D eigenvalue weighted by molar-refractivity contribution is 0.102. The van der Waals surface area contributed by atoms with Crippen molar-refractivity contribution in [3.05, 3.63) is 52.7 Å². The van der Waals surface area contributed by atoms with Gasteiger partial charge in [0, 0.05) is 5.69 Å². The number of carbonyl (C=O) groups is 1. The number of pyridine rings is 1. The molecule has 0 unspecified atom stereocenters. The number of anilines is 2. The normalized spacial score (nSPS) is 10.2. The van der Waals surface area contributed by atoms with E-state index in [0.717, 1.165) is 16.8 Å². The Bertz CT molecular complexity index is 629. The van der Waals surface area contributed by atoms with Crippen LogP contribution in [0.4, 0.5) is 11.5 Å². The highest BCUT2D eigenvalue weighted by atomic mass is 16.1. The van der Waals surface area contributed by atoms with Gasteiger partial charge in [-0.2, -0.15) is 0 Å². The molecule has 0 bridgehead atoms. The molecule has 5 nitrogen and oxygen atoms in total. The van der Waals surface area contributed by atoms with Gasteiger partial charge in [-0.05, 0) is 44.0 Å². The van der Waals surface area contributed by atoms with Crippen molar-refractivity contribution in [2.45, 2.75) is 20.8 Å². The van der Waals surface area contributed by atoms with Crippen molar-refractivity contribution in [3.8, 4) is 0 Å². The van der Waals surface area contributed by atoms with E-state index >= 15 is 0 Å². The van der Waals surface area contributed by atoms with Gasteiger partial charge in [0.15, 0.2) is 0 Å². The Labute approximate surface area is 118 Å². The van der Waals surface area contributed by atoms with Crippen molar-refractivity contribution < 1.29 is 4.79 Å². The summed E-state index contributed by atoms with van der Waals surface area (Å²) >= 11 is 0. The van der Waals surface area contributed by atoms with Crippen LogP contribution >= 0.6 is 0 Å². The van der Waals surface area contributed by atoms with Gasteiger partial charge in [-0.15, -0.1) is 0 Å². The fraction of sp³-hybridized carbons (Fsp3) is 0.200. The predicted molar refractivity (Wildman–Crippen MR) is 80.7 cm³/mol. The fourth-order valence-corrected chi connectivity index (χ4v) is 2.20. The SMILES string of the molecule is Cc1cc(C)c(NC(=O)c2cccc(NN)n2)c(C)c1. The van der Waals surface area contributed by atoms with E-state index in [-0.39, 0.29) is 5.91 Å². The Morgan fingerprint density at radius 2 is 1.80 bits per heavy atom. The molecule has 1 heterocycles. The molecule has 0 atom stereocenters. The third-order valence-electron chi connectivity index (χ3n) is 3.05. The number of nitrogens with zero attached hydrogens (tertiary/aromatic N) is 1. The Balaban J connectivity index is 2.28. The standard InChI is InChI=1S/C15H18N4O/c1-9-7-10(2)14(11(3)8-9)18-15(20)12-5-4-6-13(17-12)19-16/h4-8H,16H2,1-3H3,(H,17,19)(H,18,20). The van der Waals surface area contributed by atoms with E-state index in [1.54, 1.807) is 18.2 Å². The molecule has 0 spiro atoms. The van der Waals surface area contributed by atoms with E-state index in [1.165, 1.54) is 5.56 Å². The molecule has 2 rings (SSSR count). The van der Waals surface area contributed by atoms with Crippen molar-refractivity contribution in [2.75, 3.05) is 10.7 Å². The van der Waals surface area contributed by atoms with Crippen LogP contribution in [0, 0.1) is 20.8 Å². The maximum absolute atomic E-state index is 12.2. The largest absolute Gasteiger partial charge is 0.320 e. The molecule has 5 heteroatoms. The first-order valence-corrected chi connectivity index (χ1v) is 6.34. The lowest BCUT2D eigenvalue weighted by atomic mass is 10.0. The van der Waals surface area contributed by atoms with E-state index < -0.39 is 0 Å². The number of nitrogens with two attached hydrogens (primary N) is 1. The van der Waals surface area contributed by atoms with Gasteiger partial charge in [-0.3, -0.25) is 4.79 Å². The van der Waals surface area contributed by atoms with Crippen LogP contribution in [0.1, 0.15) is 27.2 Å². The number of rotatable bonds is 3. The third-order valence-corrected chi connectivity index (χ3v) is 3.05. The van der Waals surface area contributed by atoms with Crippen LogP contribution in [0.3, 0.4) is 0 Å². The lowest BCUT2D eigenvalue weighted by Gasteiger charge is -2.12. The van der Waals surface area contributed by atoms with Crippen molar-refractivity contribution in [2.24, 2.45) is 5.84 Å². The van der Waals surface area contributed by atoms with Gasteiger partial charge >= 0.3 is 0 Å². The first-order chi connectivity index (χ1) is 9.51. The van der Waals surface area contributed by atoms with E-state index in [9.17, 15) is 4.79 Å². The van der Waals surface area contributed by atoms with Crippen LogP contribution in [0.25, 0.3) is 0 Å². The molecule has 1 aromatic carbocycles. The van der Waals surface area contributed by atoms with Crippen LogP contribution in [-0.2, 0) is 0 Å². The number of aryl methyl sites for hydroxylation is 3. The number of hydrazine groups is 1. The summed E-state index contributed by atoms with van der Waals surface area (Å²) in [6.07, 6.45) is 0. The van der Waals surface area contributed by atoms with Crippen molar-refractivity contribution >= 4 is 17.4 Å².